The number of rotatable bonds is 5. The molecule has 1 aromatic heterocycles. The largest absolute Gasteiger partial charge is 0.411 e. The molecule has 112 valence electrons. The maximum absolute atomic E-state index is 13.0. The van der Waals surface area contributed by atoms with Crippen molar-refractivity contribution in [3.63, 3.8) is 0 Å². The van der Waals surface area contributed by atoms with Crippen LogP contribution in [0.3, 0.4) is 0 Å². The summed E-state index contributed by atoms with van der Waals surface area (Å²) in [5, 5.41) is 2.54. The van der Waals surface area contributed by atoms with Gasteiger partial charge >= 0.3 is 6.18 Å². The van der Waals surface area contributed by atoms with Gasteiger partial charge < -0.3 is 10.7 Å². The first kappa shape index (κ1) is 14.8. The van der Waals surface area contributed by atoms with Gasteiger partial charge in [-0.1, -0.05) is 6.92 Å². The first-order valence-corrected chi connectivity index (χ1v) is 6.52. The smallest absolute Gasteiger partial charge is 0.356 e. The third-order valence-electron chi connectivity index (χ3n) is 3.45. The van der Waals surface area contributed by atoms with Gasteiger partial charge in [-0.25, -0.2) is 15.8 Å². The molecule has 0 spiro atoms. The summed E-state index contributed by atoms with van der Waals surface area (Å²) in [4.78, 5) is 8.38. The summed E-state index contributed by atoms with van der Waals surface area (Å²) in [5.74, 6) is 6.39. The predicted molar refractivity (Wildman–Crippen MR) is 70.2 cm³/mol. The van der Waals surface area contributed by atoms with Crippen LogP contribution in [0.5, 0.6) is 0 Å². The van der Waals surface area contributed by atoms with Gasteiger partial charge in [-0.05, 0) is 26.2 Å². The summed E-state index contributed by atoms with van der Waals surface area (Å²) >= 11 is 0. The Morgan fingerprint density at radius 2 is 1.85 bits per heavy atom. The highest BCUT2D eigenvalue weighted by molar-refractivity contribution is 5.58. The number of nitrogen functional groups attached to an aromatic ring is 1. The molecule has 0 saturated heterocycles. The molecule has 0 aromatic carbocycles. The number of nitrogens with one attached hydrogen (secondary N) is 2. The second kappa shape index (κ2) is 5.08. The lowest BCUT2D eigenvalue weighted by molar-refractivity contribution is -0.151. The highest BCUT2D eigenvalue weighted by atomic mass is 19.4. The van der Waals surface area contributed by atoms with E-state index in [1.807, 2.05) is 6.92 Å². The normalized spacial score (nSPS) is 16.9. The van der Waals surface area contributed by atoms with Crippen molar-refractivity contribution in [2.24, 2.45) is 5.84 Å². The summed E-state index contributed by atoms with van der Waals surface area (Å²) in [7, 11) is 0. The van der Waals surface area contributed by atoms with E-state index in [0.29, 0.717) is 23.6 Å². The molecular weight excluding hydrogens is 271 g/mol. The van der Waals surface area contributed by atoms with Crippen molar-refractivity contribution in [3.05, 3.63) is 11.4 Å². The van der Waals surface area contributed by atoms with Crippen LogP contribution in [0.1, 0.15) is 37.6 Å². The Morgan fingerprint density at radius 3 is 2.30 bits per heavy atom. The van der Waals surface area contributed by atoms with Gasteiger partial charge in [0.05, 0.1) is 0 Å². The minimum Gasteiger partial charge on any atom is -0.356 e. The van der Waals surface area contributed by atoms with Crippen molar-refractivity contribution in [2.45, 2.75) is 51.2 Å². The van der Waals surface area contributed by atoms with Gasteiger partial charge in [0.15, 0.2) is 0 Å². The summed E-state index contributed by atoms with van der Waals surface area (Å²) in [5.41, 5.74) is 1.05. The molecule has 1 aliphatic carbocycles. The average molecular weight is 289 g/mol. The van der Waals surface area contributed by atoms with Gasteiger partial charge in [-0.15, -0.1) is 0 Å². The lowest BCUT2D eigenvalue weighted by Crippen LogP contribution is -2.39. The number of nitrogens with zero attached hydrogens (tertiary/aromatic N) is 2. The lowest BCUT2D eigenvalue weighted by atomic mass is 10.2. The van der Waals surface area contributed by atoms with Gasteiger partial charge in [0.1, 0.15) is 23.0 Å². The van der Waals surface area contributed by atoms with Crippen LogP contribution in [0.4, 0.5) is 24.8 Å². The molecule has 0 radical (unpaired) electrons. The van der Waals surface area contributed by atoms with Crippen molar-refractivity contribution in [1.82, 2.24) is 9.97 Å². The molecule has 0 unspecified atom stereocenters. The van der Waals surface area contributed by atoms with Gasteiger partial charge in [0.2, 0.25) is 0 Å². The number of aryl methyl sites for hydroxylation is 1. The van der Waals surface area contributed by atoms with Crippen molar-refractivity contribution >= 4 is 11.6 Å². The standard InChI is InChI=1S/C12H18F3N5/c1-3-4-8-17-9(7(2)10(18-8)20-16)19-11(5-6-11)12(13,14)15/h3-6,16H2,1-2H3,(H2,17,18,19,20). The van der Waals surface area contributed by atoms with E-state index in [4.69, 9.17) is 5.84 Å². The minimum atomic E-state index is -4.29. The van der Waals surface area contributed by atoms with Crippen molar-refractivity contribution in [2.75, 3.05) is 10.7 Å². The zero-order valence-corrected chi connectivity index (χ0v) is 11.4. The number of nitrogens with two attached hydrogens (primary N) is 1. The summed E-state index contributed by atoms with van der Waals surface area (Å²) < 4.78 is 39.0. The van der Waals surface area contributed by atoms with Gasteiger partial charge in [-0.3, -0.25) is 0 Å². The van der Waals surface area contributed by atoms with Crippen LogP contribution in [0.15, 0.2) is 0 Å². The molecule has 1 aliphatic rings. The lowest BCUT2D eigenvalue weighted by Gasteiger charge is -2.23. The molecule has 0 bridgehead atoms. The Kier molecular flexibility index (Phi) is 3.77. The molecule has 5 nitrogen and oxygen atoms in total. The highest BCUT2D eigenvalue weighted by Gasteiger charge is 2.63. The Hall–Kier alpha value is -1.57. The van der Waals surface area contributed by atoms with Gasteiger partial charge in [0, 0.05) is 12.0 Å². The first-order valence-electron chi connectivity index (χ1n) is 6.52. The maximum Gasteiger partial charge on any atom is 0.411 e. The van der Waals surface area contributed by atoms with E-state index in [0.717, 1.165) is 6.42 Å². The fraction of sp³-hybridized carbons (Fsp3) is 0.667. The number of aromatic nitrogens is 2. The van der Waals surface area contributed by atoms with Crippen molar-refractivity contribution < 1.29 is 13.2 Å². The number of hydrogen-bond acceptors (Lipinski definition) is 5. The quantitative estimate of drug-likeness (QED) is 0.573. The third kappa shape index (κ3) is 2.65. The monoisotopic (exact) mass is 289 g/mol. The fourth-order valence-electron chi connectivity index (χ4n) is 1.99. The van der Waals surface area contributed by atoms with Gasteiger partial charge in [0.25, 0.3) is 0 Å². The fourth-order valence-corrected chi connectivity index (χ4v) is 1.99. The molecule has 1 aromatic rings. The predicted octanol–water partition coefficient (Wildman–Crippen LogP) is 2.53. The third-order valence-corrected chi connectivity index (χ3v) is 3.45. The molecule has 0 atom stereocenters. The minimum absolute atomic E-state index is 0.0639. The second-order valence-electron chi connectivity index (χ2n) is 5.06. The highest BCUT2D eigenvalue weighted by Crippen LogP contribution is 2.51. The van der Waals surface area contributed by atoms with E-state index in [1.54, 1.807) is 6.92 Å². The first-order chi connectivity index (χ1) is 9.33. The van der Waals surface area contributed by atoms with Crippen LogP contribution >= 0.6 is 0 Å². The van der Waals surface area contributed by atoms with Gasteiger partial charge in [-0.2, -0.15) is 13.2 Å². The molecule has 0 aliphatic heterocycles. The molecule has 0 amide bonds. The molecule has 20 heavy (non-hydrogen) atoms. The van der Waals surface area contributed by atoms with E-state index < -0.39 is 11.7 Å². The maximum atomic E-state index is 13.0. The van der Waals surface area contributed by atoms with E-state index in [9.17, 15) is 13.2 Å². The number of alkyl halides is 3. The Labute approximate surface area is 115 Å². The number of hydrogen-bond donors (Lipinski definition) is 3. The van der Waals surface area contributed by atoms with Crippen LogP contribution in [-0.4, -0.2) is 21.7 Å². The average Bonchev–Trinajstić information content (AvgIpc) is 3.14. The van der Waals surface area contributed by atoms with E-state index >= 15 is 0 Å². The number of anilines is 2. The summed E-state index contributed by atoms with van der Waals surface area (Å²) in [6.45, 7) is 3.59. The molecule has 4 N–H and O–H groups in total. The van der Waals surface area contributed by atoms with Crippen molar-refractivity contribution in [3.8, 4) is 0 Å². The van der Waals surface area contributed by atoms with Crippen LogP contribution in [0, 0.1) is 6.92 Å². The molecule has 1 fully saturated rings. The zero-order chi connectivity index (χ0) is 15.0. The van der Waals surface area contributed by atoms with E-state index in [2.05, 4.69) is 20.7 Å². The van der Waals surface area contributed by atoms with Crippen LogP contribution < -0.4 is 16.6 Å². The Bertz CT molecular complexity index is 497. The number of hydrazine groups is 1. The van der Waals surface area contributed by atoms with E-state index in [1.165, 1.54) is 0 Å². The van der Waals surface area contributed by atoms with Crippen LogP contribution in [0.25, 0.3) is 0 Å². The van der Waals surface area contributed by atoms with Crippen LogP contribution in [-0.2, 0) is 6.42 Å². The van der Waals surface area contributed by atoms with Crippen LogP contribution in [0.2, 0.25) is 0 Å². The molecule has 1 heterocycles. The number of halogens is 3. The Morgan fingerprint density at radius 1 is 1.25 bits per heavy atom. The summed E-state index contributed by atoms with van der Waals surface area (Å²) in [6, 6.07) is 0. The molecular formula is C12H18F3N5. The molecule has 2 rings (SSSR count). The molecule has 8 heteroatoms. The second-order valence-corrected chi connectivity index (χ2v) is 5.06. The Balaban J connectivity index is 2.33. The molecule has 1 saturated carbocycles. The van der Waals surface area contributed by atoms with E-state index in [-0.39, 0.29) is 18.7 Å². The zero-order valence-electron chi connectivity index (χ0n) is 11.4. The summed E-state index contributed by atoms with van der Waals surface area (Å²) in [6.07, 6.45) is -2.77. The topological polar surface area (TPSA) is 75.9 Å². The SMILES string of the molecule is CCCc1nc(NN)c(C)c(NC2(C(F)(F)F)CC2)n1. The van der Waals surface area contributed by atoms with Crippen molar-refractivity contribution in [1.29, 1.82) is 0 Å².